The number of hydrogen-bond donors (Lipinski definition) is 2. The molecule has 0 atom stereocenters. The van der Waals surface area contributed by atoms with Crippen molar-refractivity contribution in [2.24, 2.45) is 5.73 Å². The Labute approximate surface area is 155 Å². The molecule has 0 spiro atoms. The molecule has 0 saturated carbocycles. The second-order valence-corrected chi connectivity index (χ2v) is 6.30. The van der Waals surface area contributed by atoms with Gasteiger partial charge in [0.25, 0.3) is 5.91 Å². The molecule has 0 aliphatic carbocycles. The molecule has 0 radical (unpaired) electrons. The average molecular weight is 458 g/mol. The van der Waals surface area contributed by atoms with Crippen molar-refractivity contribution >= 4 is 51.3 Å². The number of primary amides is 1. The van der Waals surface area contributed by atoms with Crippen LogP contribution in [0.5, 0.6) is 5.75 Å². The summed E-state index contributed by atoms with van der Waals surface area (Å²) in [7, 11) is 0. The quantitative estimate of drug-likeness (QED) is 0.291. The lowest BCUT2D eigenvalue weighted by atomic mass is 10.1. The molecular weight excluding hydrogens is 443 g/mol. The van der Waals surface area contributed by atoms with Crippen LogP contribution >= 0.6 is 22.6 Å². The molecule has 1 heterocycles. The Hall–Kier alpha value is -2.43. The van der Waals surface area contributed by atoms with Gasteiger partial charge in [0, 0.05) is 17.9 Å². The highest BCUT2D eigenvalue weighted by Gasteiger charge is 2.16. The molecule has 0 aliphatic heterocycles. The topological polar surface area (TPSA) is 129 Å². The molecule has 132 valence electrons. The summed E-state index contributed by atoms with van der Waals surface area (Å²) in [5.41, 5.74) is 4.00. The van der Waals surface area contributed by atoms with E-state index in [1.165, 1.54) is 12.1 Å². The van der Waals surface area contributed by atoms with E-state index in [4.69, 9.17) is 14.9 Å². The van der Waals surface area contributed by atoms with Crippen LogP contribution in [-0.2, 0) is 9.59 Å². The SMILES string of the molecule is CCCC(=O)Oc1cc2oc(=O)c(C(=O)NCC(N)=O)cc2cc1I. The minimum Gasteiger partial charge on any atom is -0.425 e. The number of carbonyl (C=O) groups is 3. The van der Waals surface area contributed by atoms with E-state index in [0.29, 0.717) is 15.4 Å². The van der Waals surface area contributed by atoms with Gasteiger partial charge in [-0.3, -0.25) is 14.4 Å². The molecule has 2 aromatic rings. The monoisotopic (exact) mass is 458 g/mol. The summed E-state index contributed by atoms with van der Waals surface area (Å²) in [6, 6.07) is 4.40. The Balaban J connectivity index is 2.38. The Bertz CT molecular complexity index is 905. The van der Waals surface area contributed by atoms with Gasteiger partial charge < -0.3 is 20.2 Å². The normalized spacial score (nSPS) is 10.5. The molecule has 0 saturated heterocycles. The van der Waals surface area contributed by atoms with E-state index in [1.807, 2.05) is 29.5 Å². The van der Waals surface area contributed by atoms with Crippen molar-refractivity contribution in [3.63, 3.8) is 0 Å². The van der Waals surface area contributed by atoms with Gasteiger partial charge in [0.1, 0.15) is 16.9 Å². The number of ether oxygens (including phenoxy) is 1. The summed E-state index contributed by atoms with van der Waals surface area (Å²) in [5, 5.41) is 2.70. The zero-order valence-corrected chi connectivity index (χ0v) is 15.4. The first-order valence-corrected chi connectivity index (χ1v) is 8.44. The predicted molar refractivity (Wildman–Crippen MR) is 97.3 cm³/mol. The van der Waals surface area contributed by atoms with E-state index in [1.54, 1.807) is 6.07 Å². The van der Waals surface area contributed by atoms with E-state index in [0.717, 1.165) is 0 Å². The molecule has 1 aromatic carbocycles. The first-order valence-electron chi connectivity index (χ1n) is 7.36. The molecule has 25 heavy (non-hydrogen) atoms. The van der Waals surface area contributed by atoms with Gasteiger partial charge in [0.05, 0.1) is 10.1 Å². The van der Waals surface area contributed by atoms with E-state index >= 15 is 0 Å². The first kappa shape index (κ1) is 18.9. The van der Waals surface area contributed by atoms with Crippen LogP contribution < -0.4 is 21.4 Å². The molecule has 1 aromatic heterocycles. The number of nitrogens with one attached hydrogen (secondary N) is 1. The van der Waals surface area contributed by atoms with Crippen molar-refractivity contribution in [2.75, 3.05) is 6.54 Å². The molecule has 0 unspecified atom stereocenters. The third-order valence-corrected chi connectivity index (χ3v) is 3.98. The van der Waals surface area contributed by atoms with Gasteiger partial charge in [-0.15, -0.1) is 0 Å². The van der Waals surface area contributed by atoms with Gasteiger partial charge >= 0.3 is 11.6 Å². The van der Waals surface area contributed by atoms with Gasteiger partial charge in [-0.05, 0) is 41.1 Å². The Morgan fingerprint density at radius 2 is 2.00 bits per heavy atom. The van der Waals surface area contributed by atoms with Crippen LogP contribution in [0.4, 0.5) is 0 Å². The number of hydrogen-bond acceptors (Lipinski definition) is 6. The predicted octanol–water partition coefficient (Wildman–Crippen LogP) is 1.32. The fourth-order valence-corrected chi connectivity index (χ4v) is 2.60. The Morgan fingerprint density at radius 1 is 1.28 bits per heavy atom. The van der Waals surface area contributed by atoms with Crippen molar-refractivity contribution in [2.45, 2.75) is 19.8 Å². The lowest BCUT2D eigenvalue weighted by Gasteiger charge is -2.08. The highest BCUT2D eigenvalue weighted by molar-refractivity contribution is 14.1. The largest absolute Gasteiger partial charge is 0.425 e. The maximum Gasteiger partial charge on any atom is 0.349 e. The lowest BCUT2D eigenvalue weighted by Crippen LogP contribution is -2.35. The maximum absolute atomic E-state index is 12.0. The van der Waals surface area contributed by atoms with Crippen LogP contribution in [0.25, 0.3) is 11.0 Å². The van der Waals surface area contributed by atoms with Gasteiger partial charge in [-0.2, -0.15) is 0 Å². The van der Waals surface area contributed by atoms with E-state index < -0.39 is 17.4 Å². The van der Waals surface area contributed by atoms with E-state index in [9.17, 15) is 19.2 Å². The number of benzene rings is 1. The standard InChI is InChI=1S/C16H15IN2O6/c1-2-3-14(21)24-12-6-11-8(5-10(12)17)4-9(16(23)25-11)15(22)19-7-13(18)20/h4-6H,2-3,7H2,1H3,(H2,18,20)(H,19,22). The van der Waals surface area contributed by atoms with Gasteiger partial charge in [0.2, 0.25) is 5.91 Å². The number of nitrogens with two attached hydrogens (primary N) is 1. The summed E-state index contributed by atoms with van der Waals surface area (Å²) in [4.78, 5) is 46.3. The third kappa shape index (κ3) is 4.78. The number of fused-ring (bicyclic) bond motifs is 1. The second-order valence-electron chi connectivity index (χ2n) is 5.14. The highest BCUT2D eigenvalue weighted by Crippen LogP contribution is 2.27. The fraction of sp³-hybridized carbons (Fsp3) is 0.250. The summed E-state index contributed by atoms with van der Waals surface area (Å²) < 4.78 is 11.0. The van der Waals surface area contributed by atoms with E-state index in [2.05, 4.69) is 5.32 Å². The van der Waals surface area contributed by atoms with Crippen LogP contribution in [0.2, 0.25) is 0 Å². The summed E-state index contributed by atoms with van der Waals surface area (Å²) in [6.07, 6.45) is 0.929. The highest BCUT2D eigenvalue weighted by atomic mass is 127. The molecule has 2 amide bonds. The van der Waals surface area contributed by atoms with Crippen LogP contribution in [0.3, 0.4) is 0 Å². The molecule has 2 rings (SSSR count). The van der Waals surface area contributed by atoms with Crippen molar-refractivity contribution in [1.82, 2.24) is 5.32 Å². The smallest absolute Gasteiger partial charge is 0.349 e. The van der Waals surface area contributed by atoms with Crippen LogP contribution in [-0.4, -0.2) is 24.3 Å². The fourth-order valence-electron chi connectivity index (χ4n) is 2.00. The zero-order valence-electron chi connectivity index (χ0n) is 13.3. The summed E-state index contributed by atoms with van der Waals surface area (Å²) in [6.45, 7) is 1.47. The molecular formula is C16H15IN2O6. The van der Waals surface area contributed by atoms with Gasteiger partial charge in [-0.25, -0.2) is 4.79 Å². The number of amides is 2. The first-order chi connectivity index (χ1) is 11.8. The number of rotatable bonds is 6. The lowest BCUT2D eigenvalue weighted by molar-refractivity contribution is -0.134. The minimum atomic E-state index is -0.874. The maximum atomic E-state index is 12.0. The summed E-state index contributed by atoms with van der Waals surface area (Å²) in [5.74, 6) is -1.60. The van der Waals surface area contributed by atoms with Crippen molar-refractivity contribution < 1.29 is 23.5 Å². The Kier molecular flexibility index (Phi) is 6.12. The number of halogens is 1. The molecule has 8 nitrogen and oxygen atoms in total. The summed E-state index contributed by atoms with van der Waals surface area (Å²) >= 11 is 1.97. The van der Waals surface area contributed by atoms with Crippen molar-refractivity contribution in [3.05, 3.63) is 37.8 Å². The third-order valence-electron chi connectivity index (χ3n) is 3.13. The molecule has 3 N–H and O–H groups in total. The number of carbonyl (C=O) groups excluding carboxylic acids is 3. The molecule has 9 heteroatoms. The van der Waals surface area contributed by atoms with E-state index in [-0.39, 0.29) is 35.8 Å². The minimum absolute atomic E-state index is 0.177. The second kappa shape index (κ2) is 8.10. The molecule has 0 aliphatic rings. The van der Waals surface area contributed by atoms with Crippen LogP contribution in [0, 0.1) is 3.57 Å². The van der Waals surface area contributed by atoms with Crippen LogP contribution in [0.15, 0.2) is 27.4 Å². The average Bonchev–Trinajstić information content (AvgIpc) is 2.53. The van der Waals surface area contributed by atoms with Crippen molar-refractivity contribution in [1.29, 1.82) is 0 Å². The molecule has 0 fully saturated rings. The Morgan fingerprint density at radius 3 is 2.64 bits per heavy atom. The zero-order chi connectivity index (χ0) is 18.6. The van der Waals surface area contributed by atoms with Crippen molar-refractivity contribution in [3.8, 4) is 5.75 Å². The number of esters is 1. The van der Waals surface area contributed by atoms with Gasteiger partial charge in [0.15, 0.2) is 0 Å². The van der Waals surface area contributed by atoms with Gasteiger partial charge in [-0.1, -0.05) is 6.92 Å². The van der Waals surface area contributed by atoms with Crippen LogP contribution in [0.1, 0.15) is 30.1 Å². The molecule has 0 bridgehead atoms.